The van der Waals surface area contributed by atoms with Gasteiger partial charge in [-0.25, -0.2) is 15.0 Å². The number of hydrogen-bond donors (Lipinski definition) is 4. The van der Waals surface area contributed by atoms with Gasteiger partial charge >= 0.3 is 0 Å². The molecular weight excluding hydrogens is 290 g/mol. The molecule has 1 aliphatic heterocycles. The van der Waals surface area contributed by atoms with Gasteiger partial charge in [-0.3, -0.25) is 9.36 Å². The highest BCUT2D eigenvalue weighted by Gasteiger charge is 2.46. The third kappa shape index (κ3) is 2.08. The lowest BCUT2D eigenvalue weighted by Crippen LogP contribution is -2.46. The van der Waals surface area contributed by atoms with Crippen molar-refractivity contribution in [1.29, 1.82) is 0 Å². The Morgan fingerprint density at radius 1 is 1.41 bits per heavy atom. The van der Waals surface area contributed by atoms with Crippen LogP contribution >= 0.6 is 0 Å². The first-order valence-corrected chi connectivity index (χ1v) is 6.74. The second kappa shape index (κ2) is 5.48. The third-order valence-corrected chi connectivity index (χ3v) is 3.70. The summed E-state index contributed by atoms with van der Waals surface area (Å²) in [5.41, 5.74) is 6.90. The second-order valence-corrected chi connectivity index (χ2v) is 4.93. The van der Waals surface area contributed by atoms with Crippen molar-refractivity contribution in [1.82, 2.24) is 24.8 Å². The highest BCUT2D eigenvalue weighted by atomic mass is 16.5. The van der Waals surface area contributed by atoms with E-state index in [0.717, 1.165) is 0 Å². The molecule has 10 nitrogen and oxygen atoms in total. The molecular formula is C12H17N7O3. The van der Waals surface area contributed by atoms with Crippen molar-refractivity contribution < 1.29 is 14.6 Å². The average Bonchev–Trinajstić information content (AvgIpc) is 3.09. The zero-order chi connectivity index (χ0) is 15.9. The molecule has 118 valence electrons. The van der Waals surface area contributed by atoms with Crippen molar-refractivity contribution in [3.8, 4) is 0 Å². The number of fused-ring (bicyclic) bond motifs is 1. The van der Waals surface area contributed by atoms with Crippen LogP contribution in [-0.4, -0.2) is 62.9 Å². The summed E-state index contributed by atoms with van der Waals surface area (Å²) in [5, 5.41) is 15.7. The molecule has 3 heterocycles. The number of carbonyl (C=O) groups excluding carboxylic acids is 1. The summed E-state index contributed by atoms with van der Waals surface area (Å²) in [7, 11) is 3.20. The predicted molar refractivity (Wildman–Crippen MR) is 76.8 cm³/mol. The van der Waals surface area contributed by atoms with Crippen LogP contribution in [0.15, 0.2) is 12.7 Å². The Kier molecular flexibility index (Phi) is 3.64. The SMILES string of the molecule is CNC(=O)C1OC(n2cnc3c(NC)ncnc32)C(O)C1N. The molecule has 0 radical (unpaired) electrons. The molecule has 1 amide bonds. The monoisotopic (exact) mass is 307 g/mol. The fraction of sp³-hybridized carbons (Fsp3) is 0.500. The summed E-state index contributed by atoms with van der Waals surface area (Å²) in [5.74, 6) is 0.174. The van der Waals surface area contributed by atoms with Gasteiger partial charge in [0.05, 0.1) is 12.4 Å². The van der Waals surface area contributed by atoms with E-state index in [4.69, 9.17) is 10.5 Å². The van der Waals surface area contributed by atoms with Crippen LogP contribution < -0.4 is 16.4 Å². The highest BCUT2D eigenvalue weighted by Crippen LogP contribution is 2.31. The molecule has 2 aromatic rings. The standard InChI is InChI=1S/C12H17N7O3/c1-14-9-6-10(17-3-16-9)19(4-18-6)12-7(20)5(13)8(22-12)11(21)15-2/h3-5,7-8,12,20H,13H2,1-2H3,(H,15,21)(H,14,16,17). The number of aliphatic hydroxyl groups excluding tert-OH is 1. The van der Waals surface area contributed by atoms with Crippen molar-refractivity contribution in [3.05, 3.63) is 12.7 Å². The average molecular weight is 307 g/mol. The Bertz CT molecular complexity index is 703. The maximum atomic E-state index is 11.8. The smallest absolute Gasteiger partial charge is 0.250 e. The van der Waals surface area contributed by atoms with E-state index in [2.05, 4.69) is 25.6 Å². The summed E-state index contributed by atoms with van der Waals surface area (Å²) in [6.45, 7) is 0. The number of aromatic nitrogens is 4. The molecule has 1 fully saturated rings. The van der Waals surface area contributed by atoms with Crippen molar-refractivity contribution in [2.75, 3.05) is 19.4 Å². The van der Waals surface area contributed by atoms with E-state index in [9.17, 15) is 9.90 Å². The Hall–Kier alpha value is -2.30. The quantitative estimate of drug-likeness (QED) is 0.520. The van der Waals surface area contributed by atoms with E-state index < -0.39 is 24.5 Å². The summed E-state index contributed by atoms with van der Waals surface area (Å²) in [6.07, 6.45) is 0.0132. The number of likely N-dealkylation sites (N-methyl/N-ethyl adjacent to an activating group) is 1. The highest BCUT2D eigenvalue weighted by molar-refractivity contribution is 5.83. The summed E-state index contributed by atoms with van der Waals surface area (Å²) < 4.78 is 7.17. The Morgan fingerprint density at radius 2 is 2.18 bits per heavy atom. The lowest BCUT2D eigenvalue weighted by molar-refractivity contribution is -0.134. The summed E-state index contributed by atoms with van der Waals surface area (Å²) in [6, 6.07) is -0.840. The molecule has 3 rings (SSSR count). The first-order chi connectivity index (χ1) is 10.6. The molecule has 10 heteroatoms. The first kappa shape index (κ1) is 14.6. The molecule has 5 N–H and O–H groups in total. The van der Waals surface area contributed by atoms with Crippen LogP contribution in [0, 0.1) is 0 Å². The zero-order valence-electron chi connectivity index (χ0n) is 12.1. The number of carbonyl (C=O) groups is 1. The Morgan fingerprint density at radius 3 is 2.86 bits per heavy atom. The minimum Gasteiger partial charge on any atom is -0.387 e. The van der Waals surface area contributed by atoms with Crippen molar-refractivity contribution >= 4 is 22.9 Å². The zero-order valence-corrected chi connectivity index (χ0v) is 12.1. The molecule has 0 saturated carbocycles. The van der Waals surface area contributed by atoms with E-state index in [1.807, 2.05) is 0 Å². The van der Waals surface area contributed by atoms with E-state index in [1.54, 1.807) is 11.6 Å². The van der Waals surface area contributed by atoms with Gasteiger partial charge in [-0.05, 0) is 0 Å². The van der Waals surface area contributed by atoms with Gasteiger partial charge in [-0.2, -0.15) is 0 Å². The Balaban J connectivity index is 2.00. The van der Waals surface area contributed by atoms with E-state index in [0.29, 0.717) is 17.0 Å². The van der Waals surface area contributed by atoms with Crippen LogP contribution in [0.4, 0.5) is 5.82 Å². The lowest BCUT2D eigenvalue weighted by Gasteiger charge is -2.16. The van der Waals surface area contributed by atoms with Crippen LogP contribution in [0.25, 0.3) is 11.2 Å². The number of hydrogen-bond acceptors (Lipinski definition) is 8. The lowest BCUT2D eigenvalue weighted by atomic mass is 10.1. The number of anilines is 1. The molecule has 0 aromatic carbocycles. The Labute approximate surface area is 125 Å². The minimum atomic E-state index is -1.06. The fourth-order valence-corrected chi connectivity index (χ4v) is 2.52. The van der Waals surface area contributed by atoms with Gasteiger partial charge < -0.3 is 26.2 Å². The predicted octanol–water partition coefficient (Wildman–Crippen LogP) is -1.80. The van der Waals surface area contributed by atoms with Gasteiger partial charge in [0.15, 0.2) is 23.8 Å². The molecule has 0 aliphatic carbocycles. The molecule has 1 saturated heterocycles. The third-order valence-electron chi connectivity index (χ3n) is 3.70. The number of nitrogens with two attached hydrogens (primary N) is 1. The van der Waals surface area contributed by atoms with E-state index in [-0.39, 0.29) is 5.91 Å². The number of ether oxygens (including phenoxy) is 1. The van der Waals surface area contributed by atoms with Gasteiger partial charge in [0.25, 0.3) is 5.91 Å². The molecule has 4 atom stereocenters. The molecule has 0 spiro atoms. The van der Waals surface area contributed by atoms with Crippen molar-refractivity contribution in [2.45, 2.75) is 24.5 Å². The van der Waals surface area contributed by atoms with Crippen molar-refractivity contribution in [3.63, 3.8) is 0 Å². The number of aliphatic hydroxyl groups is 1. The molecule has 4 unspecified atom stereocenters. The van der Waals surface area contributed by atoms with E-state index >= 15 is 0 Å². The van der Waals surface area contributed by atoms with Crippen LogP contribution in [0.5, 0.6) is 0 Å². The van der Waals surface area contributed by atoms with Gasteiger partial charge in [0.1, 0.15) is 17.9 Å². The number of amides is 1. The van der Waals surface area contributed by atoms with Gasteiger partial charge in [-0.1, -0.05) is 0 Å². The van der Waals surface area contributed by atoms with Crippen LogP contribution in [0.3, 0.4) is 0 Å². The number of nitrogens with zero attached hydrogens (tertiary/aromatic N) is 4. The fourth-order valence-electron chi connectivity index (χ4n) is 2.52. The maximum Gasteiger partial charge on any atom is 0.250 e. The largest absolute Gasteiger partial charge is 0.387 e. The topological polar surface area (TPSA) is 140 Å². The minimum absolute atomic E-state index is 0.385. The van der Waals surface area contributed by atoms with Crippen molar-refractivity contribution in [2.24, 2.45) is 5.73 Å². The molecule has 22 heavy (non-hydrogen) atoms. The molecule has 1 aliphatic rings. The normalized spacial score (nSPS) is 28.0. The van der Waals surface area contributed by atoms with Crippen LogP contribution in [0.2, 0.25) is 0 Å². The van der Waals surface area contributed by atoms with Crippen LogP contribution in [-0.2, 0) is 9.53 Å². The molecule has 0 bridgehead atoms. The maximum absolute atomic E-state index is 11.8. The second-order valence-electron chi connectivity index (χ2n) is 4.93. The number of nitrogens with one attached hydrogen (secondary N) is 2. The number of rotatable bonds is 3. The summed E-state index contributed by atoms with van der Waals surface area (Å²) in [4.78, 5) is 24.2. The van der Waals surface area contributed by atoms with Gasteiger partial charge in [0.2, 0.25) is 0 Å². The van der Waals surface area contributed by atoms with Gasteiger partial charge in [0, 0.05) is 14.1 Å². The molecule has 2 aromatic heterocycles. The van der Waals surface area contributed by atoms with Gasteiger partial charge in [-0.15, -0.1) is 0 Å². The first-order valence-electron chi connectivity index (χ1n) is 6.74. The van der Waals surface area contributed by atoms with Crippen LogP contribution in [0.1, 0.15) is 6.23 Å². The van der Waals surface area contributed by atoms with E-state index in [1.165, 1.54) is 19.7 Å². The summed E-state index contributed by atoms with van der Waals surface area (Å²) >= 11 is 0. The number of imidazole rings is 1.